The number of allylic oxidation sites excluding steroid dienone is 1. The predicted molar refractivity (Wildman–Crippen MR) is 131 cm³/mol. The van der Waals surface area contributed by atoms with E-state index in [0.717, 1.165) is 11.1 Å². The van der Waals surface area contributed by atoms with Gasteiger partial charge >= 0.3 is 0 Å². The summed E-state index contributed by atoms with van der Waals surface area (Å²) >= 11 is 6.61. The first-order valence-corrected chi connectivity index (χ1v) is 11.0. The third-order valence-corrected chi connectivity index (χ3v) is 5.93. The van der Waals surface area contributed by atoms with E-state index in [2.05, 4.69) is 20.6 Å². The zero-order valence-electron chi connectivity index (χ0n) is 18.5. The molecule has 0 aliphatic carbocycles. The summed E-state index contributed by atoms with van der Waals surface area (Å²) in [4.78, 5) is 22.4. The minimum absolute atomic E-state index is 0.300. The summed E-state index contributed by atoms with van der Waals surface area (Å²) in [6.45, 7) is 1.84. The summed E-state index contributed by atoms with van der Waals surface area (Å²) < 4.78 is 7.09. The van der Waals surface area contributed by atoms with Crippen molar-refractivity contribution in [2.45, 2.75) is 13.0 Å². The molecular formula is C25H21ClN6O2. The van der Waals surface area contributed by atoms with Gasteiger partial charge in [-0.1, -0.05) is 41.9 Å². The topological polar surface area (TPSA) is 94.0 Å². The van der Waals surface area contributed by atoms with E-state index >= 15 is 0 Å². The number of hydrogen-bond acceptors (Lipinski definition) is 6. The van der Waals surface area contributed by atoms with Crippen LogP contribution in [0, 0.1) is 0 Å². The Kier molecular flexibility index (Phi) is 5.73. The van der Waals surface area contributed by atoms with E-state index in [0.29, 0.717) is 39.5 Å². The predicted octanol–water partition coefficient (Wildman–Crippen LogP) is 4.93. The first-order valence-electron chi connectivity index (χ1n) is 10.6. The van der Waals surface area contributed by atoms with Gasteiger partial charge < -0.3 is 15.4 Å². The largest absolute Gasteiger partial charge is 0.495 e. The molecule has 1 aliphatic rings. The summed E-state index contributed by atoms with van der Waals surface area (Å²) in [6.07, 6.45) is 3.37. The monoisotopic (exact) mass is 472 g/mol. The van der Waals surface area contributed by atoms with Gasteiger partial charge in [0.15, 0.2) is 5.82 Å². The van der Waals surface area contributed by atoms with E-state index in [9.17, 15) is 4.79 Å². The molecule has 1 atom stereocenters. The van der Waals surface area contributed by atoms with E-state index < -0.39 is 6.04 Å². The number of methoxy groups -OCH3 is 1. The number of fused-ring (bicyclic) bond motifs is 1. The van der Waals surface area contributed by atoms with E-state index in [1.165, 1.54) is 0 Å². The zero-order valence-corrected chi connectivity index (χ0v) is 19.2. The van der Waals surface area contributed by atoms with Crippen LogP contribution < -0.4 is 15.4 Å². The standard InChI is InChI=1S/C25H21ClN6O2/c1-15-21(24(33)29-19-9-5-6-10-20(19)34-2)22(17-7-3-4-8-18(17)26)32-25(28-15)30-23(31-32)16-11-13-27-14-12-16/h3-14,22H,1-2H3,(H,29,33)(H,28,30,31)/t22-/m1/s1. The number of halogens is 1. The third-order valence-electron chi connectivity index (χ3n) is 5.59. The Morgan fingerprint density at radius 1 is 1.09 bits per heavy atom. The number of amides is 1. The second-order valence-corrected chi connectivity index (χ2v) is 8.09. The van der Waals surface area contributed by atoms with E-state index in [4.69, 9.17) is 21.4 Å². The molecule has 5 rings (SSSR count). The fraction of sp³-hybridized carbons (Fsp3) is 0.120. The lowest BCUT2D eigenvalue weighted by atomic mass is 9.95. The number of ether oxygens (including phenoxy) is 1. The minimum Gasteiger partial charge on any atom is -0.495 e. The Bertz CT molecular complexity index is 1400. The van der Waals surface area contributed by atoms with Crippen molar-refractivity contribution in [3.05, 3.63) is 94.9 Å². The van der Waals surface area contributed by atoms with Crippen molar-refractivity contribution in [3.8, 4) is 17.1 Å². The van der Waals surface area contributed by atoms with E-state index in [1.807, 2.05) is 49.4 Å². The molecule has 0 unspecified atom stereocenters. The van der Waals surface area contributed by atoms with Crippen molar-refractivity contribution in [2.75, 3.05) is 17.7 Å². The van der Waals surface area contributed by atoms with Gasteiger partial charge in [0.25, 0.3) is 5.91 Å². The van der Waals surface area contributed by atoms with Crippen LogP contribution in [0.1, 0.15) is 18.5 Å². The van der Waals surface area contributed by atoms with E-state index in [1.54, 1.807) is 42.4 Å². The lowest BCUT2D eigenvalue weighted by Crippen LogP contribution is -2.31. The Labute approximate surface area is 201 Å². The second kappa shape index (κ2) is 8.99. The fourth-order valence-electron chi connectivity index (χ4n) is 3.99. The molecule has 8 nitrogen and oxygen atoms in total. The molecule has 4 aromatic rings. The van der Waals surface area contributed by atoms with E-state index in [-0.39, 0.29) is 5.91 Å². The third kappa shape index (κ3) is 3.88. The lowest BCUT2D eigenvalue weighted by molar-refractivity contribution is -0.113. The van der Waals surface area contributed by atoms with Gasteiger partial charge in [0, 0.05) is 34.2 Å². The Morgan fingerprint density at radius 2 is 1.82 bits per heavy atom. The number of nitrogens with one attached hydrogen (secondary N) is 2. The number of benzene rings is 2. The van der Waals surface area contributed by atoms with Crippen LogP contribution in [-0.2, 0) is 4.79 Å². The van der Waals surface area contributed by atoms with Crippen LogP contribution in [0.15, 0.2) is 84.3 Å². The van der Waals surface area contributed by atoms with Crippen LogP contribution >= 0.6 is 11.6 Å². The van der Waals surface area contributed by atoms with Crippen molar-refractivity contribution >= 4 is 29.1 Å². The summed E-state index contributed by atoms with van der Waals surface area (Å²) in [5.74, 6) is 1.30. The first-order chi connectivity index (χ1) is 16.6. The molecule has 2 aromatic carbocycles. The second-order valence-electron chi connectivity index (χ2n) is 7.68. The van der Waals surface area contributed by atoms with Crippen molar-refractivity contribution < 1.29 is 9.53 Å². The van der Waals surface area contributed by atoms with Gasteiger partial charge in [0.05, 0.1) is 18.4 Å². The van der Waals surface area contributed by atoms with Crippen LogP contribution in [0.2, 0.25) is 5.02 Å². The Hall–Kier alpha value is -4.17. The molecule has 2 N–H and O–H groups in total. The summed E-state index contributed by atoms with van der Waals surface area (Å²) in [5, 5.41) is 11.5. The number of carbonyl (C=O) groups is 1. The maximum absolute atomic E-state index is 13.7. The van der Waals surface area contributed by atoms with Crippen LogP contribution in [0.4, 0.5) is 11.6 Å². The molecule has 0 radical (unpaired) electrons. The van der Waals surface area contributed by atoms with Crippen LogP contribution in [0.5, 0.6) is 5.75 Å². The van der Waals surface area contributed by atoms with Gasteiger partial charge in [0.2, 0.25) is 5.95 Å². The van der Waals surface area contributed by atoms with Gasteiger partial charge in [-0.3, -0.25) is 9.78 Å². The highest BCUT2D eigenvalue weighted by Gasteiger charge is 2.35. The molecule has 0 saturated heterocycles. The van der Waals surface area contributed by atoms with Crippen molar-refractivity contribution in [1.82, 2.24) is 19.7 Å². The average Bonchev–Trinajstić information content (AvgIpc) is 3.28. The number of carbonyl (C=O) groups excluding carboxylic acids is 1. The smallest absolute Gasteiger partial charge is 0.255 e. The van der Waals surface area contributed by atoms with Gasteiger partial charge in [-0.05, 0) is 37.3 Å². The van der Waals surface area contributed by atoms with Gasteiger partial charge in [-0.2, -0.15) is 4.98 Å². The zero-order chi connectivity index (χ0) is 23.7. The average molecular weight is 473 g/mol. The maximum Gasteiger partial charge on any atom is 0.255 e. The fourth-order valence-corrected chi connectivity index (χ4v) is 4.23. The molecular weight excluding hydrogens is 452 g/mol. The normalized spacial score (nSPS) is 14.9. The highest BCUT2D eigenvalue weighted by molar-refractivity contribution is 6.31. The van der Waals surface area contributed by atoms with Gasteiger partial charge in [-0.15, -0.1) is 5.10 Å². The first kappa shape index (κ1) is 21.7. The van der Waals surface area contributed by atoms with Crippen LogP contribution in [0.3, 0.4) is 0 Å². The van der Waals surface area contributed by atoms with Crippen LogP contribution in [0.25, 0.3) is 11.4 Å². The highest BCUT2D eigenvalue weighted by atomic mass is 35.5. The number of rotatable bonds is 5. The molecule has 9 heteroatoms. The molecule has 0 bridgehead atoms. The highest BCUT2D eigenvalue weighted by Crippen LogP contribution is 2.39. The van der Waals surface area contributed by atoms with Crippen LogP contribution in [-0.4, -0.2) is 32.8 Å². The maximum atomic E-state index is 13.7. The number of hydrogen-bond donors (Lipinski definition) is 2. The molecule has 0 spiro atoms. The number of aromatic nitrogens is 4. The molecule has 1 aliphatic heterocycles. The SMILES string of the molecule is COc1ccccc1NC(=O)C1=C(C)Nc2nc(-c3ccncc3)nn2[C@@H]1c1ccccc1Cl. The van der Waals surface area contributed by atoms with Gasteiger partial charge in [0.1, 0.15) is 11.8 Å². The molecule has 1 amide bonds. The number of pyridine rings is 1. The quantitative estimate of drug-likeness (QED) is 0.427. The molecule has 3 heterocycles. The number of nitrogens with zero attached hydrogens (tertiary/aromatic N) is 4. The molecule has 2 aromatic heterocycles. The van der Waals surface area contributed by atoms with Crippen molar-refractivity contribution in [1.29, 1.82) is 0 Å². The Balaban J connectivity index is 1.62. The summed E-state index contributed by atoms with van der Waals surface area (Å²) in [5.41, 5.74) is 3.24. The summed E-state index contributed by atoms with van der Waals surface area (Å²) in [6, 6.07) is 17.7. The molecule has 170 valence electrons. The minimum atomic E-state index is -0.595. The number of para-hydroxylation sites is 2. The summed E-state index contributed by atoms with van der Waals surface area (Å²) in [7, 11) is 1.56. The number of anilines is 2. The van der Waals surface area contributed by atoms with Crippen molar-refractivity contribution in [3.63, 3.8) is 0 Å². The Morgan fingerprint density at radius 3 is 2.59 bits per heavy atom. The van der Waals surface area contributed by atoms with Crippen molar-refractivity contribution in [2.24, 2.45) is 0 Å². The molecule has 34 heavy (non-hydrogen) atoms. The molecule has 0 fully saturated rings. The molecule has 0 saturated carbocycles. The van der Waals surface area contributed by atoms with Gasteiger partial charge in [-0.25, -0.2) is 4.68 Å². The lowest BCUT2D eigenvalue weighted by Gasteiger charge is -2.29.